The van der Waals surface area contributed by atoms with Crippen LogP contribution >= 0.6 is 0 Å². The molecule has 0 bridgehead atoms. The van der Waals surface area contributed by atoms with Gasteiger partial charge in [-0.25, -0.2) is 19.9 Å². The Bertz CT molecular complexity index is 2170. The molecule has 0 fully saturated rings. The molecule has 1 atom stereocenters. The predicted octanol–water partition coefficient (Wildman–Crippen LogP) is 9.67. The highest BCUT2D eigenvalue weighted by Crippen LogP contribution is 2.34. The van der Waals surface area contributed by atoms with Gasteiger partial charge >= 0.3 is 0 Å². The van der Waals surface area contributed by atoms with Crippen molar-refractivity contribution in [2.75, 3.05) is 0 Å². The maximum absolute atomic E-state index is 5.01. The molecule has 228 valence electrons. The number of rotatable bonds is 7. The molecule has 0 saturated carbocycles. The third-order valence-corrected chi connectivity index (χ3v) is 8.41. The molecule has 0 spiro atoms. The maximum atomic E-state index is 5.01. The monoisotopic (exact) mass is 617 g/mol. The van der Waals surface area contributed by atoms with Crippen LogP contribution in [0.4, 0.5) is 0 Å². The summed E-state index contributed by atoms with van der Waals surface area (Å²) in [6, 6.07) is 57.8. The summed E-state index contributed by atoms with van der Waals surface area (Å²) in [7, 11) is 0. The standard InChI is InChI=1S/C43H31N5/c1-5-15-31(16-6-1)38-29-39(45-40(44-38)33-17-7-2-8-18-33)32-27-25-30(26-28-32)36-23-13-14-24-37(36)43-47-41(34-19-9-3-10-20-34)46-42(48-43)35-21-11-4-12-22-35/h1-29,39H,(H,44,45). The lowest BCUT2D eigenvalue weighted by molar-refractivity contribution is 0.781. The van der Waals surface area contributed by atoms with Crippen LogP contribution in [0.15, 0.2) is 181 Å². The van der Waals surface area contributed by atoms with Crippen molar-refractivity contribution in [1.82, 2.24) is 20.3 Å². The van der Waals surface area contributed by atoms with Gasteiger partial charge in [0.1, 0.15) is 5.84 Å². The van der Waals surface area contributed by atoms with E-state index in [1.807, 2.05) is 91.0 Å². The normalized spacial score (nSPS) is 14.0. The molecular weight excluding hydrogens is 587 g/mol. The van der Waals surface area contributed by atoms with E-state index in [-0.39, 0.29) is 6.04 Å². The first-order valence-electron chi connectivity index (χ1n) is 16.0. The van der Waals surface area contributed by atoms with Crippen LogP contribution in [0.25, 0.3) is 51.0 Å². The van der Waals surface area contributed by atoms with Crippen molar-refractivity contribution in [3.63, 3.8) is 0 Å². The van der Waals surface area contributed by atoms with Gasteiger partial charge in [-0.05, 0) is 28.3 Å². The number of hydrogen-bond acceptors (Lipinski definition) is 5. The molecule has 1 aliphatic rings. The van der Waals surface area contributed by atoms with Gasteiger partial charge in [-0.15, -0.1) is 0 Å². The summed E-state index contributed by atoms with van der Waals surface area (Å²) in [5.74, 6) is 2.78. The van der Waals surface area contributed by atoms with Crippen molar-refractivity contribution in [3.05, 3.63) is 193 Å². The second-order valence-electron chi connectivity index (χ2n) is 11.6. The van der Waals surface area contributed by atoms with Gasteiger partial charge < -0.3 is 5.32 Å². The van der Waals surface area contributed by atoms with Crippen molar-refractivity contribution in [2.24, 2.45) is 4.99 Å². The highest BCUT2D eigenvalue weighted by Gasteiger charge is 2.20. The molecule has 7 aromatic rings. The number of aliphatic imine (C=N–C) groups is 1. The molecule has 2 heterocycles. The largest absolute Gasteiger partial charge is 0.359 e. The van der Waals surface area contributed by atoms with Gasteiger partial charge in [0.05, 0.1) is 11.7 Å². The zero-order chi connectivity index (χ0) is 32.1. The summed E-state index contributed by atoms with van der Waals surface area (Å²) < 4.78 is 0. The summed E-state index contributed by atoms with van der Waals surface area (Å²) in [6.45, 7) is 0. The fourth-order valence-corrected chi connectivity index (χ4v) is 5.96. The number of aromatic nitrogens is 3. The molecule has 1 aliphatic heterocycles. The van der Waals surface area contributed by atoms with Crippen LogP contribution < -0.4 is 5.32 Å². The van der Waals surface area contributed by atoms with Gasteiger partial charge in [0.25, 0.3) is 0 Å². The van der Waals surface area contributed by atoms with Gasteiger partial charge in [0.15, 0.2) is 17.5 Å². The molecule has 5 nitrogen and oxygen atoms in total. The first-order chi connectivity index (χ1) is 23.8. The van der Waals surface area contributed by atoms with E-state index < -0.39 is 0 Å². The van der Waals surface area contributed by atoms with Crippen LogP contribution in [-0.4, -0.2) is 20.8 Å². The van der Waals surface area contributed by atoms with E-state index in [4.69, 9.17) is 19.9 Å². The molecule has 48 heavy (non-hydrogen) atoms. The van der Waals surface area contributed by atoms with Crippen molar-refractivity contribution in [3.8, 4) is 45.3 Å². The minimum Gasteiger partial charge on any atom is -0.359 e. The Balaban J connectivity index is 1.17. The fourth-order valence-electron chi connectivity index (χ4n) is 5.96. The molecule has 1 unspecified atom stereocenters. The molecule has 0 saturated heterocycles. The molecule has 1 N–H and O–H groups in total. The topological polar surface area (TPSA) is 63.1 Å². The highest BCUT2D eigenvalue weighted by atomic mass is 15.1. The van der Waals surface area contributed by atoms with Crippen molar-refractivity contribution < 1.29 is 0 Å². The number of nitrogens with one attached hydrogen (secondary N) is 1. The van der Waals surface area contributed by atoms with Gasteiger partial charge in [-0.1, -0.05) is 170 Å². The van der Waals surface area contributed by atoms with Gasteiger partial charge in [0, 0.05) is 22.3 Å². The third-order valence-electron chi connectivity index (χ3n) is 8.41. The van der Waals surface area contributed by atoms with Crippen LogP contribution in [0.5, 0.6) is 0 Å². The molecule has 1 aromatic heterocycles. The van der Waals surface area contributed by atoms with E-state index in [0.29, 0.717) is 17.5 Å². The minimum atomic E-state index is -0.0531. The zero-order valence-electron chi connectivity index (χ0n) is 26.1. The Hall–Kier alpha value is -6.46. The van der Waals surface area contributed by atoms with Crippen LogP contribution in [-0.2, 0) is 0 Å². The Morgan fingerprint density at radius 3 is 1.40 bits per heavy atom. The molecule has 6 aromatic carbocycles. The number of amidine groups is 1. The fraction of sp³-hybridized carbons (Fsp3) is 0.0233. The Morgan fingerprint density at radius 1 is 0.375 bits per heavy atom. The second-order valence-corrected chi connectivity index (χ2v) is 11.6. The van der Waals surface area contributed by atoms with E-state index in [2.05, 4.69) is 90.3 Å². The van der Waals surface area contributed by atoms with Crippen molar-refractivity contribution in [1.29, 1.82) is 0 Å². The Labute approximate surface area is 280 Å². The predicted molar refractivity (Wildman–Crippen MR) is 195 cm³/mol. The highest BCUT2D eigenvalue weighted by molar-refractivity contribution is 6.03. The molecule has 0 aliphatic carbocycles. The van der Waals surface area contributed by atoms with Crippen LogP contribution in [0, 0.1) is 0 Å². The molecule has 5 heteroatoms. The first-order valence-corrected chi connectivity index (χ1v) is 16.0. The van der Waals surface area contributed by atoms with Gasteiger partial charge in [0.2, 0.25) is 0 Å². The first kappa shape index (κ1) is 29.0. The molecular formula is C43H31N5. The SMILES string of the molecule is C1=C(c2ccccc2)N=C(c2ccccc2)NC1c1ccc(-c2ccccc2-c2nc(-c3ccccc3)nc(-c3ccccc3)n2)cc1. The number of hydrogen-bond donors (Lipinski definition) is 1. The van der Waals surface area contributed by atoms with Gasteiger partial charge in [-0.3, -0.25) is 0 Å². The van der Waals surface area contributed by atoms with E-state index in [0.717, 1.165) is 56.0 Å². The van der Waals surface area contributed by atoms with Crippen LogP contribution in [0.2, 0.25) is 0 Å². The van der Waals surface area contributed by atoms with E-state index in [9.17, 15) is 0 Å². The van der Waals surface area contributed by atoms with Gasteiger partial charge in [-0.2, -0.15) is 0 Å². The number of nitrogens with zero attached hydrogens (tertiary/aromatic N) is 4. The van der Waals surface area contributed by atoms with E-state index >= 15 is 0 Å². The lowest BCUT2D eigenvalue weighted by atomic mass is 9.95. The minimum absolute atomic E-state index is 0.0531. The summed E-state index contributed by atoms with van der Waals surface area (Å²) in [5, 5.41) is 3.67. The summed E-state index contributed by atoms with van der Waals surface area (Å²) in [6.07, 6.45) is 2.20. The summed E-state index contributed by atoms with van der Waals surface area (Å²) >= 11 is 0. The lowest BCUT2D eigenvalue weighted by Gasteiger charge is -2.24. The van der Waals surface area contributed by atoms with Crippen molar-refractivity contribution >= 4 is 11.5 Å². The Morgan fingerprint density at radius 2 is 0.833 bits per heavy atom. The van der Waals surface area contributed by atoms with E-state index in [1.165, 1.54) is 0 Å². The maximum Gasteiger partial charge on any atom is 0.164 e. The van der Waals surface area contributed by atoms with Crippen LogP contribution in [0.3, 0.4) is 0 Å². The summed E-state index contributed by atoms with van der Waals surface area (Å²) in [5.41, 5.74) is 9.21. The van der Waals surface area contributed by atoms with Crippen LogP contribution in [0.1, 0.15) is 22.7 Å². The smallest absolute Gasteiger partial charge is 0.164 e. The lowest BCUT2D eigenvalue weighted by Crippen LogP contribution is -2.31. The zero-order valence-corrected chi connectivity index (χ0v) is 26.1. The second kappa shape index (κ2) is 13.1. The molecule has 0 radical (unpaired) electrons. The third kappa shape index (κ3) is 6.05. The summed E-state index contributed by atoms with van der Waals surface area (Å²) in [4.78, 5) is 19.9. The van der Waals surface area contributed by atoms with E-state index in [1.54, 1.807) is 0 Å². The Kier molecular flexibility index (Phi) is 7.91. The quantitative estimate of drug-likeness (QED) is 0.193. The molecule has 0 amide bonds. The average Bonchev–Trinajstić information content (AvgIpc) is 3.19. The number of benzene rings is 6. The molecule has 8 rings (SSSR count). The van der Waals surface area contributed by atoms with Crippen molar-refractivity contribution in [2.45, 2.75) is 6.04 Å². The average molecular weight is 618 g/mol.